The number of rotatable bonds is 6. The Bertz CT molecular complexity index is 802. The average molecular weight is 478 g/mol. The van der Waals surface area contributed by atoms with Gasteiger partial charge in [0.25, 0.3) is 5.91 Å². The number of nitrogens with two attached hydrogens (primary N) is 1. The first-order chi connectivity index (χ1) is 12.4. The van der Waals surface area contributed by atoms with Crippen molar-refractivity contribution < 1.29 is 9.18 Å². The maximum atomic E-state index is 12.8. The molecule has 0 spiro atoms. The van der Waals surface area contributed by atoms with Gasteiger partial charge in [-0.2, -0.15) is 0 Å². The van der Waals surface area contributed by atoms with E-state index in [1.165, 1.54) is 24.3 Å². The van der Waals surface area contributed by atoms with Crippen LogP contribution >= 0.6 is 40.2 Å². The van der Waals surface area contributed by atoms with Crippen LogP contribution in [0.25, 0.3) is 0 Å². The molecule has 0 fully saturated rings. The summed E-state index contributed by atoms with van der Waals surface area (Å²) in [6.07, 6.45) is 0. The van der Waals surface area contributed by atoms with Crippen LogP contribution in [0.5, 0.6) is 0 Å². The largest absolute Gasteiger partial charge is 0.370 e. The number of nitrogens with one attached hydrogen (secondary N) is 2. The molecule has 0 aliphatic heterocycles. The highest BCUT2D eigenvalue weighted by Crippen LogP contribution is 2.25. The quantitative estimate of drug-likeness (QED) is 0.333. The monoisotopic (exact) mass is 476 g/mol. The maximum Gasteiger partial charge on any atom is 0.251 e. The first-order valence-corrected chi connectivity index (χ1v) is 8.67. The molecule has 1 unspecified atom stereocenters. The summed E-state index contributed by atoms with van der Waals surface area (Å²) in [5.41, 5.74) is 7.08. The molecule has 0 aromatic heterocycles. The van der Waals surface area contributed by atoms with E-state index in [-0.39, 0.29) is 40.7 Å². The topological polar surface area (TPSA) is 79.5 Å². The molecule has 0 saturated carbocycles. The van der Waals surface area contributed by atoms with E-state index in [0.717, 1.165) is 5.56 Å². The van der Waals surface area contributed by atoms with Crippen molar-refractivity contribution in [1.82, 2.24) is 10.6 Å². The van der Waals surface area contributed by atoms with Gasteiger partial charge in [-0.3, -0.25) is 9.79 Å². The average Bonchev–Trinajstić information content (AvgIpc) is 2.59. The molecule has 0 aliphatic carbocycles. The van der Waals surface area contributed by atoms with Crippen molar-refractivity contribution in [3.05, 3.63) is 69.5 Å². The molecule has 0 saturated heterocycles. The molecular formula is C18H20BrCl2FN4O. The highest BCUT2D eigenvalue weighted by atomic mass is 79.9. The molecule has 1 atom stereocenters. The second kappa shape index (κ2) is 11.1. The Hall–Kier alpha value is -1.83. The molecule has 4 N–H and O–H groups in total. The van der Waals surface area contributed by atoms with Crippen molar-refractivity contribution in [2.45, 2.75) is 13.0 Å². The van der Waals surface area contributed by atoms with Crippen LogP contribution in [-0.4, -0.2) is 25.0 Å². The lowest BCUT2D eigenvalue weighted by Gasteiger charge is -2.16. The van der Waals surface area contributed by atoms with Gasteiger partial charge in [0, 0.05) is 22.2 Å². The Morgan fingerprint density at radius 1 is 1.22 bits per heavy atom. The molecule has 27 heavy (non-hydrogen) atoms. The highest BCUT2D eigenvalue weighted by molar-refractivity contribution is 8.93. The van der Waals surface area contributed by atoms with Crippen LogP contribution in [0.15, 0.2) is 47.5 Å². The number of aliphatic imine (C=N–C) groups is 1. The molecule has 2 rings (SSSR count). The lowest BCUT2D eigenvalue weighted by Crippen LogP contribution is -2.35. The molecular weight excluding hydrogens is 458 g/mol. The summed E-state index contributed by atoms with van der Waals surface area (Å²) in [5, 5.41) is 6.81. The fourth-order valence-corrected chi connectivity index (χ4v) is 2.82. The molecule has 146 valence electrons. The van der Waals surface area contributed by atoms with E-state index in [1.54, 1.807) is 12.1 Å². The summed E-state index contributed by atoms with van der Waals surface area (Å²) in [7, 11) is 0. The summed E-state index contributed by atoms with van der Waals surface area (Å²) < 4.78 is 12.8. The molecule has 2 aromatic carbocycles. The predicted molar refractivity (Wildman–Crippen MR) is 114 cm³/mol. The standard InChI is InChI=1S/C18H19Cl2FN4O.BrH/c1-11(15-7-4-13(19)10-16(15)20)25-18(22)24-9-8-23-17(26)12-2-5-14(21)6-3-12;/h2-7,10-11H,8-9H2,1H3,(H,23,26)(H3,22,24,25);1H. The zero-order valence-corrected chi connectivity index (χ0v) is 17.7. The molecule has 9 heteroatoms. The normalized spacial score (nSPS) is 12.1. The van der Waals surface area contributed by atoms with Crippen molar-refractivity contribution in [2.75, 3.05) is 13.1 Å². The summed E-state index contributed by atoms with van der Waals surface area (Å²) in [5.74, 6) is -0.451. The third kappa shape index (κ3) is 7.36. The number of halogens is 4. The van der Waals surface area contributed by atoms with Crippen LogP contribution < -0.4 is 16.4 Å². The number of carbonyl (C=O) groups is 1. The maximum absolute atomic E-state index is 12.8. The number of nitrogens with zero attached hydrogens (tertiary/aromatic N) is 1. The second-order valence-electron chi connectivity index (χ2n) is 5.56. The minimum Gasteiger partial charge on any atom is -0.370 e. The van der Waals surface area contributed by atoms with Gasteiger partial charge in [0.05, 0.1) is 12.6 Å². The molecule has 0 heterocycles. The van der Waals surface area contributed by atoms with Crippen molar-refractivity contribution in [1.29, 1.82) is 0 Å². The molecule has 0 aliphatic rings. The third-order valence-electron chi connectivity index (χ3n) is 3.58. The molecule has 2 aromatic rings. The Morgan fingerprint density at radius 2 is 1.89 bits per heavy atom. The van der Waals surface area contributed by atoms with Crippen LogP contribution in [0.3, 0.4) is 0 Å². The lowest BCUT2D eigenvalue weighted by molar-refractivity contribution is 0.0954. The van der Waals surface area contributed by atoms with Gasteiger partial charge in [-0.05, 0) is 48.9 Å². The number of benzene rings is 2. The van der Waals surface area contributed by atoms with E-state index >= 15 is 0 Å². The SMILES string of the molecule is Br.CC(NC(N)=NCCNC(=O)c1ccc(F)cc1)c1ccc(Cl)cc1Cl. The van der Waals surface area contributed by atoms with Crippen molar-refractivity contribution in [3.8, 4) is 0 Å². The van der Waals surface area contributed by atoms with E-state index in [2.05, 4.69) is 15.6 Å². The van der Waals surface area contributed by atoms with E-state index < -0.39 is 0 Å². The van der Waals surface area contributed by atoms with Crippen LogP contribution in [0.2, 0.25) is 10.0 Å². The lowest BCUT2D eigenvalue weighted by atomic mass is 10.1. The molecule has 5 nitrogen and oxygen atoms in total. The minimum absolute atomic E-state index is 0. The summed E-state index contributed by atoms with van der Waals surface area (Å²) in [6, 6.07) is 10.4. The first-order valence-electron chi connectivity index (χ1n) is 7.92. The summed E-state index contributed by atoms with van der Waals surface area (Å²) >= 11 is 12.0. The van der Waals surface area contributed by atoms with Gasteiger partial charge in [0.15, 0.2) is 5.96 Å². The van der Waals surface area contributed by atoms with Gasteiger partial charge < -0.3 is 16.4 Å². The summed E-state index contributed by atoms with van der Waals surface area (Å²) in [4.78, 5) is 16.0. The highest BCUT2D eigenvalue weighted by Gasteiger charge is 2.10. The van der Waals surface area contributed by atoms with E-state index in [9.17, 15) is 9.18 Å². The van der Waals surface area contributed by atoms with Crippen LogP contribution in [0.1, 0.15) is 28.9 Å². The Kier molecular flexibility index (Phi) is 9.55. The van der Waals surface area contributed by atoms with Gasteiger partial charge in [0.1, 0.15) is 5.82 Å². The van der Waals surface area contributed by atoms with E-state index in [4.69, 9.17) is 28.9 Å². The van der Waals surface area contributed by atoms with Gasteiger partial charge in [0.2, 0.25) is 0 Å². The fraction of sp³-hybridized carbons (Fsp3) is 0.222. The van der Waals surface area contributed by atoms with Crippen LogP contribution in [0, 0.1) is 5.82 Å². The second-order valence-corrected chi connectivity index (χ2v) is 6.41. The predicted octanol–water partition coefficient (Wildman–Crippen LogP) is 4.11. The van der Waals surface area contributed by atoms with E-state index in [0.29, 0.717) is 28.7 Å². The minimum atomic E-state index is -0.389. The van der Waals surface area contributed by atoms with Gasteiger partial charge >= 0.3 is 0 Å². The Balaban J connectivity index is 0.00000364. The van der Waals surface area contributed by atoms with Gasteiger partial charge in [-0.1, -0.05) is 29.3 Å². The molecule has 0 bridgehead atoms. The van der Waals surface area contributed by atoms with Crippen LogP contribution in [0.4, 0.5) is 4.39 Å². The summed E-state index contributed by atoms with van der Waals surface area (Å²) in [6.45, 7) is 2.50. The number of hydrogen-bond donors (Lipinski definition) is 3. The number of amides is 1. The van der Waals surface area contributed by atoms with Gasteiger partial charge in [-0.15, -0.1) is 17.0 Å². The van der Waals surface area contributed by atoms with Crippen molar-refractivity contribution >= 4 is 52.1 Å². The Labute approximate surface area is 177 Å². The Morgan fingerprint density at radius 3 is 2.52 bits per heavy atom. The van der Waals surface area contributed by atoms with Crippen molar-refractivity contribution in [2.24, 2.45) is 10.7 Å². The smallest absolute Gasteiger partial charge is 0.251 e. The van der Waals surface area contributed by atoms with Crippen molar-refractivity contribution in [3.63, 3.8) is 0 Å². The number of guanidine groups is 1. The molecule has 1 amide bonds. The van der Waals surface area contributed by atoms with E-state index in [1.807, 2.05) is 13.0 Å². The number of hydrogen-bond acceptors (Lipinski definition) is 2. The zero-order valence-electron chi connectivity index (χ0n) is 14.5. The molecule has 0 radical (unpaired) electrons. The van der Waals surface area contributed by atoms with Gasteiger partial charge in [-0.25, -0.2) is 4.39 Å². The third-order valence-corrected chi connectivity index (χ3v) is 4.14. The van der Waals surface area contributed by atoms with Crippen LogP contribution in [-0.2, 0) is 0 Å². The first kappa shape index (κ1) is 23.2. The zero-order chi connectivity index (χ0) is 19.1. The number of carbonyl (C=O) groups excluding carboxylic acids is 1. The fourth-order valence-electron chi connectivity index (χ4n) is 2.25.